The van der Waals surface area contributed by atoms with E-state index in [9.17, 15) is 14.4 Å². The molecule has 0 unspecified atom stereocenters. The first kappa shape index (κ1) is 15.0. The maximum absolute atomic E-state index is 12.3. The number of carbonyl (C=O) groups is 2. The number of hydrogen-bond donors (Lipinski definition) is 1. The summed E-state index contributed by atoms with van der Waals surface area (Å²) in [6.07, 6.45) is 1.34. The highest BCUT2D eigenvalue weighted by Gasteiger charge is 2.11. The molecule has 1 N–H and O–H groups in total. The lowest BCUT2D eigenvalue weighted by Crippen LogP contribution is -2.27. The fourth-order valence-corrected chi connectivity index (χ4v) is 2.79. The topological polar surface area (TPSA) is 94.0 Å². The van der Waals surface area contributed by atoms with E-state index in [1.807, 2.05) is 0 Å². The van der Waals surface area contributed by atoms with Gasteiger partial charge in [-0.1, -0.05) is 12.1 Å². The molecule has 8 heteroatoms. The van der Waals surface area contributed by atoms with Crippen molar-refractivity contribution in [3.63, 3.8) is 0 Å². The van der Waals surface area contributed by atoms with Crippen molar-refractivity contribution in [1.82, 2.24) is 14.5 Å². The molecule has 0 fully saturated rings. The van der Waals surface area contributed by atoms with Gasteiger partial charge >= 0.3 is 0 Å². The number of amides is 1. The summed E-state index contributed by atoms with van der Waals surface area (Å²) < 4.78 is 1.23. The fraction of sp³-hybridized carbons (Fsp3) is 0.133. The Morgan fingerprint density at radius 3 is 2.83 bits per heavy atom. The summed E-state index contributed by atoms with van der Waals surface area (Å²) in [6.45, 7) is 1.23. The van der Waals surface area contributed by atoms with E-state index in [-0.39, 0.29) is 17.9 Å². The normalized spacial score (nSPS) is 10.7. The first-order chi connectivity index (χ1) is 11.0. The average molecular weight is 328 g/mol. The molecule has 3 aromatic rings. The van der Waals surface area contributed by atoms with E-state index in [2.05, 4.69) is 15.3 Å². The Hall–Kier alpha value is -2.87. The zero-order chi connectivity index (χ0) is 16.4. The Kier molecular flexibility index (Phi) is 3.98. The van der Waals surface area contributed by atoms with Gasteiger partial charge in [-0.15, -0.1) is 11.3 Å². The standard InChI is InChI=1S/C15H12N4O3S/c1-9(20)12-7-23-15(17-12)18-13(21)6-19-8-16-11-5-3-2-4-10(11)14(19)22/h2-5,7-8H,6H2,1H3,(H,17,18,21). The molecule has 0 radical (unpaired) electrons. The maximum Gasteiger partial charge on any atom is 0.261 e. The number of nitrogens with zero attached hydrogens (tertiary/aromatic N) is 3. The number of Topliss-reactive ketones (excluding diaryl/α,β-unsaturated/α-hetero) is 1. The fourth-order valence-electron chi connectivity index (χ4n) is 2.03. The van der Waals surface area contributed by atoms with Crippen LogP contribution in [0, 0.1) is 0 Å². The van der Waals surface area contributed by atoms with Gasteiger partial charge in [0.2, 0.25) is 5.91 Å². The number of ketones is 1. The highest BCUT2D eigenvalue weighted by molar-refractivity contribution is 7.14. The van der Waals surface area contributed by atoms with Gasteiger partial charge in [-0.05, 0) is 12.1 Å². The van der Waals surface area contributed by atoms with E-state index in [1.165, 1.54) is 17.8 Å². The Bertz CT molecular complexity index is 961. The van der Waals surface area contributed by atoms with Gasteiger partial charge in [0.15, 0.2) is 10.9 Å². The second-order valence-electron chi connectivity index (χ2n) is 4.84. The van der Waals surface area contributed by atoms with Crippen molar-refractivity contribution in [2.75, 3.05) is 5.32 Å². The van der Waals surface area contributed by atoms with Gasteiger partial charge in [-0.3, -0.25) is 19.0 Å². The molecule has 0 aliphatic heterocycles. The molecular formula is C15H12N4O3S. The van der Waals surface area contributed by atoms with Crippen LogP contribution in [-0.4, -0.2) is 26.2 Å². The van der Waals surface area contributed by atoms with Gasteiger partial charge in [-0.25, -0.2) is 9.97 Å². The van der Waals surface area contributed by atoms with Gasteiger partial charge in [0.25, 0.3) is 5.56 Å². The van der Waals surface area contributed by atoms with Crippen LogP contribution in [0.15, 0.2) is 40.8 Å². The van der Waals surface area contributed by atoms with E-state index < -0.39 is 5.91 Å². The molecule has 0 saturated heterocycles. The minimum Gasteiger partial charge on any atom is -0.300 e. The number of thiazole rings is 1. The van der Waals surface area contributed by atoms with Gasteiger partial charge < -0.3 is 5.32 Å². The molecule has 2 heterocycles. The Labute approximate surface area is 134 Å². The van der Waals surface area contributed by atoms with Crippen LogP contribution in [0.1, 0.15) is 17.4 Å². The van der Waals surface area contributed by atoms with Crippen LogP contribution < -0.4 is 10.9 Å². The van der Waals surface area contributed by atoms with Crippen molar-refractivity contribution in [1.29, 1.82) is 0 Å². The van der Waals surface area contributed by atoms with Gasteiger partial charge in [-0.2, -0.15) is 0 Å². The first-order valence-electron chi connectivity index (χ1n) is 6.75. The third kappa shape index (κ3) is 3.16. The summed E-state index contributed by atoms with van der Waals surface area (Å²) in [7, 11) is 0. The molecule has 23 heavy (non-hydrogen) atoms. The van der Waals surface area contributed by atoms with E-state index in [4.69, 9.17) is 0 Å². The number of anilines is 1. The minimum absolute atomic E-state index is 0.170. The van der Waals surface area contributed by atoms with E-state index in [0.717, 1.165) is 11.3 Å². The summed E-state index contributed by atoms with van der Waals surface area (Å²) in [5, 5.41) is 4.92. The largest absolute Gasteiger partial charge is 0.300 e. The molecule has 0 spiro atoms. The molecule has 0 bridgehead atoms. The van der Waals surface area contributed by atoms with Crippen molar-refractivity contribution < 1.29 is 9.59 Å². The monoisotopic (exact) mass is 328 g/mol. The molecule has 0 saturated carbocycles. The first-order valence-corrected chi connectivity index (χ1v) is 7.63. The molecule has 1 aromatic carbocycles. The number of benzene rings is 1. The van der Waals surface area contributed by atoms with E-state index >= 15 is 0 Å². The van der Waals surface area contributed by atoms with Crippen LogP contribution >= 0.6 is 11.3 Å². The quantitative estimate of drug-likeness (QED) is 0.736. The lowest BCUT2D eigenvalue weighted by Gasteiger charge is -2.06. The van der Waals surface area contributed by atoms with Gasteiger partial charge in [0.1, 0.15) is 12.2 Å². The molecule has 1 amide bonds. The van der Waals surface area contributed by atoms with Crippen molar-refractivity contribution in [2.24, 2.45) is 0 Å². The number of rotatable bonds is 4. The van der Waals surface area contributed by atoms with E-state index in [0.29, 0.717) is 21.7 Å². The molecular weight excluding hydrogens is 316 g/mol. The molecule has 0 aliphatic carbocycles. The Balaban J connectivity index is 1.78. The predicted molar refractivity (Wildman–Crippen MR) is 86.8 cm³/mol. The smallest absolute Gasteiger partial charge is 0.261 e. The second-order valence-corrected chi connectivity index (χ2v) is 5.70. The average Bonchev–Trinajstić information content (AvgIpc) is 2.99. The van der Waals surface area contributed by atoms with Crippen LogP contribution in [0.2, 0.25) is 0 Å². The number of fused-ring (bicyclic) bond motifs is 1. The maximum atomic E-state index is 12.3. The number of para-hydroxylation sites is 1. The predicted octanol–water partition coefficient (Wildman–Crippen LogP) is 1.69. The van der Waals surface area contributed by atoms with Crippen LogP contribution in [0.4, 0.5) is 5.13 Å². The third-order valence-electron chi connectivity index (χ3n) is 3.16. The second kappa shape index (κ2) is 6.09. The lowest BCUT2D eigenvalue weighted by molar-refractivity contribution is -0.116. The minimum atomic E-state index is -0.409. The van der Waals surface area contributed by atoms with Gasteiger partial charge in [0.05, 0.1) is 17.2 Å². The summed E-state index contributed by atoms with van der Waals surface area (Å²) in [5.74, 6) is -0.578. The van der Waals surface area contributed by atoms with Crippen LogP contribution in [0.5, 0.6) is 0 Å². The van der Waals surface area contributed by atoms with E-state index in [1.54, 1.807) is 29.6 Å². The lowest BCUT2D eigenvalue weighted by atomic mass is 10.2. The van der Waals surface area contributed by atoms with Crippen LogP contribution in [0.25, 0.3) is 10.9 Å². The molecule has 0 atom stereocenters. The molecule has 116 valence electrons. The number of nitrogens with one attached hydrogen (secondary N) is 1. The number of carbonyl (C=O) groups excluding carboxylic acids is 2. The van der Waals surface area contributed by atoms with Gasteiger partial charge in [0, 0.05) is 12.3 Å². The van der Waals surface area contributed by atoms with Crippen LogP contribution in [0.3, 0.4) is 0 Å². The van der Waals surface area contributed by atoms with Crippen molar-refractivity contribution in [3.8, 4) is 0 Å². The number of hydrogen-bond acceptors (Lipinski definition) is 6. The van der Waals surface area contributed by atoms with Crippen molar-refractivity contribution in [3.05, 3.63) is 52.0 Å². The molecule has 3 rings (SSSR count). The Morgan fingerprint density at radius 2 is 2.09 bits per heavy atom. The third-order valence-corrected chi connectivity index (χ3v) is 3.91. The highest BCUT2D eigenvalue weighted by atomic mass is 32.1. The number of aromatic nitrogens is 3. The summed E-state index contributed by atoms with van der Waals surface area (Å²) in [4.78, 5) is 43.7. The van der Waals surface area contributed by atoms with Crippen LogP contribution in [-0.2, 0) is 11.3 Å². The summed E-state index contributed by atoms with van der Waals surface area (Å²) in [6, 6.07) is 6.94. The zero-order valence-electron chi connectivity index (χ0n) is 12.1. The summed E-state index contributed by atoms with van der Waals surface area (Å²) >= 11 is 1.16. The highest BCUT2D eigenvalue weighted by Crippen LogP contribution is 2.15. The van der Waals surface area contributed by atoms with Crippen molar-refractivity contribution >= 4 is 39.1 Å². The Morgan fingerprint density at radius 1 is 1.30 bits per heavy atom. The molecule has 7 nitrogen and oxygen atoms in total. The summed E-state index contributed by atoms with van der Waals surface area (Å²) in [5.41, 5.74) is 0.601. The molecule has 0 aliphatic rings. The molecule has 2 aromatic heterocycles. The zero-order valence-corrected chi connectivity index (χ0v) is 13.0. The van der Waals surface area contributed by atoms with Crippen molar-refractivity contribution in [2.45, 2.75) is 13.5 Å². The SMILES string of the molecule is CC(=O)c1csc(NC(=O)Cn2cnc3ccccc3c2=O)n1.